The van der Waals surface area contributed by atoms with Gasteiger partial charge in [0, 0.05) is 12.0 Å². The highest BCUT2D eigenvalue weighted by Crippen LogP contribution is 2.45. The van der Waals surface area contributed by atoms with Crippen LogP contribution in [0.1, 0.15) is 61.9 Å². The van der Waals surface area contributed by atoms with Gasteiger partial charge in [-0.15, -0.1) is 10.2 Å². The smallest absolute Gasteiger partial charge is 0.301 e. The van der Waals surface area contributed by atoms with Crippen molar-refractivity contribution >= 4 is 33.9 Å². The molecule has 1 N–H and O–H groups in total. The maximum absolute atomic E-state index is 13.5. The fourth-order valence-electron chi connectivity index (χ4n) is 4.94. The molecule has 1 fully saturated rings. The van der Waals surface area contributed by atoms with Crippen molar-refractivity contribution in [2.45, 2.75) is 59.6 Å². The third-order valence-electron chi connectivity index (χ3n) is 6.87. The summed E-state index contributed by atoms with van der Waals surface area (Å²) in [5.74, 6) is 0.462. The number of nitrogens with zero attached hydrogens (tertiary/aromatic N) is 3. The van der Waals surface area contributed by atoms with Crippen LogP contribution in [0, 0.1) is 12.8 Å². The predicted molar refractivity (Wildman–Crippen MR) is 152 cm³/mol. The number of Topliss-reactive ketones (excluding diaryl/α,β-unsaturated/α-hetero) is 1. The first-order valence-electron chi connectivity index (χ1n) is 13.5. The van der Waals surface area contributed by atoms with Crippen LogP contribution in [-0.4, -0.2) is 46.3 Å². The quantitative estimate of drug-likeness (QED) is 0.203. The van der Waals surface area contributed by atoms with E-state index in [1.807, 2.05) is 19.9 Å². The molecule has 40 heavy (non-hydrogen) atoms. The lowest BCUT2D eigenvalue weighted by atomic mass is 9.94. The molecular formula is C30H33N3O6S. The van der Waals surface area contributed by atoms with Crippen LogP contribution in [0.2, 0.25) is 0 Å². The summed E-state index contributed by atoms with van der Waals surface area (Å²) in [7, 11) is 0. The number of ketones is 1. The average molecular weight is 564 g/mol. The molecule has 3 aromatic rings. The van der Waals surface area contributed by atoms with Gasteiger partial charge in [0.25, 0.3) is 5.78 Å². The zero-order valence-corrected chi connectivity index (χ0v) is 24.1. The molecule has 3 heterocycles. The Balaban J connectivity index is 1.63. The van der Waals surface area contributed by atoms with Crippen LogP contribution in [-0.2, 0) is 16.0 Å². The van der Waals surface area contributed by atoms with E-state index in [1.54, 1.807) is 37.3 Å². The van der Waals surface area contributed by atoms with Gasteiger partial charge in [-0.1, -0.05) is 31.3 Å². The molecule has 0 saturated carbocycles. The van der Waals surface area contributed by atoms with E-state index in [4.69, 9.17) is 14.2 Å². The Morgan fingerprint density at radius 2 is 1.95 bits per heavy atom. The van der Waals surface area contributed by atoms with Gasteiger partial charge in [0.15, 0.2) is 11.5 Å². The lowest BCUT2D eigenvalue weighted by molar-refractivity contribution is -0.132. The molecule has 1 amide bonds. The zero-order chi connectivity index (χ0) is 28.6. The molecule has 5 rings (SSSR count). The van der Waals surface area contributed by atoms with Gasteiger partial charge in [-0.25, -0.2) is 0 Å². The highest BCUT2D eigenvalue weighted by molar-refractivity contribution is 7.15. The van der Waals surface area contributed by atoms with Gasteiger partial charge in [-0.3, -0.25) is 14.5 Å². The minimum atomic E-state index is -0.945. The molecule has 1 saturated heterocycles. The predicted octanol–water partition coefficient (Wildman–Crippen LogP) is 5.62. The topological polar surface area (TPSA) is 111 Å². The molecule has 0 spiro atoms. The van der Waals surface area contributed by atoms with Crippen molar-refractivity contribution in [3.8, 4) is 17.2 Å². The van der Waals surface area contributed by atoms with Gasteiger partial charge in [-0.05, 0) is 74.6 Å². The van der Waals surface area contributed by atoms with E-state index >= 15 is 0 Å². The van der Waals surface area contributed by atoms with Crippen molar-refractivity contribution in [1.29, 1.82) is 0 Å². The van der Waals surface area contributed by atoms with E-state index in [-0.39, 0.29) is 22.6 Å². The summed E-state index contributed by atoms with van der Waals surface area (Å²) in [6.45, 7) is 10.8. The van der Waals surface area contributed by atoms with Crippen LogP contribution in [0.15, 0.2) is 42.0 Å². The average Bonchev–Trinajstić information content (AvgIpc) is 3.58. The largest absolute Gasteiger partial charge is 0.507 e. The SMILES string of the molecule is CCOc1cc(C2C(=C(O)c3ccc4c(c3)CC(C)O4)C(=O)C(=O)N2c2nnc(C)s2)ccc1OCCC(C)C. The molecule has 0 radical (unpaired) electrons. The van der Waals surface area contributed by atoms with Gasteiger partial charge in [-0.2, -0.15) is 0 Å². The van der Waals surface area contributed by atoms with Gasteiger partial charge < -0.3 is 19.3 Å². The summed E-state index contributed by atoms with van der Waals surface area (Å²) in [6.07, 6.45) is 1.60. The number of benzene rings is 2. The van der Waals surface area contributed by atoms with Crippen LogP contribution in [0.25, 0.3) is 5.76 Å². The normalized spacial score (nSPS) is 19.7. The number of aromatic nitrogens is 2. The van der Waals surface area contributed by atoms with Crippen LogP contribution >= 0.6 is 11.3 Å². The lowest BCUT2D eigenvalue weighted by Gasteiger charge is -2.24. The van der Waals surface area contributed by atoms with Crippen LogP contribution in [0.5, 0.6) is 17.2 Å². The van der Waals surface area contributed by atoms with Gasteiger partial charge in [0.1, 0.15) is 22.6 Å². The molecule has 0 bridgehead atoms. The third-order valence-corrected chi connectivity index (χ3v) is 7.71. The summed E-state index contributed by atoms with van der Waals surface area (Å²) in [5, 5.41) is 20.7. The monoisotopic (exact) mass is 563 g/mol. The second kappa shape index (κ2) is 11.3. The minimum Gasteiger partial charge on any atom is -0.507 e. The van der Waals surface area contributed by atoms with E-state index in [2.05, 4.69) is 24.0 Å². The number of aliphatic hydroxyl groups excluding tert-OH is 1. The Morgan fingerprint density at radius 3 is 2.65 bits per heavy atom. The fourth-order valence-corrected chi connectivity index (χ4v) is 5.65. The number of aliphatic hydroxyl groups is 1. The molecule has 1 aromatic heterocycles. The molecule has 2 aliphatic rings. The Labute approximate surface area is 237 Å². The van der Waals surface area contributed by atoms with Crippen LogP contribution < -0.4 is 19.1 Å². The lowest BCUT2D eigenvalue weighted by Crippen LogP contribution is -2.29. The molecule has 210 valence electrons. The number of amides is 1. The number of hydrogen-bond acceptors (Lipinski definition) is 9. The molecular weight excluding hydrogens is 530 g/mol. The number of aryl methyl sites for hydroxylation is 1. The first-order chi connectivity index (χ1) is 19.2. The Hall–Kier alpha value is -3.92. The van der Waals surface area contributed by atoms with Crippen molar-refractivity contribution in [3.63, 3.8) is 0 Å². The number of carbonyl (C=O) groups excluding carboxylic acids is 2. The number of ether oxygens (including phenoxy) is 3. The second-order valence-corrected chi connectivity index (χ2v) is 11.6. The highest BCUT2D eigenvalue weighted by Gasteiger charge is 2.48. The summed E-state index contributed by atoms with van der Waals surface area (Å²) < 4.78 is 17.7. The van der Waals surface area contributed by atoms with Gasteiger partial charge >= 0.3 is 5.91 Å². The molecule has 0 aliphatic carbocycles. The van der Waals surface area contributed by atoms with E-state index in [0.29, 0.717) is 53.2 Å². The maximum Gasteiger partial charge on any atom is 0.301 e. The third kappa shape index (κ3) is 5.28. The van der Waals surface area contributed by atoms with Gasteiger partial charge in [0.2, 0.25) is 5.13 Å². The maximum atomic E-state index is 13.5. The summed E-state index contributed by atoms with van der Waals surface area (Å²) in [5.41, 5.74) is 1.92. The first kappa shape index (κ1) is 27.6. The molecule has 10 heteroatoms. The van der Waals surface area contributed by atoms with E-state index in [1.165, 1.54) is 16.2 Å². The summed E-state index contributed by atoms with van der Waals surface area (Å²) in [4.78, 5) is 28.3. The Morgan fingerprint density at radius 1 is 1.15 bits per heavy atom. The van der Waals surface area contributed by atoms with E-state index < -0.39 is 17.7 Å². The Bertz CT molecular complexity index is 1480. The number of rotatable bonds is 9. The van der Waals surface area contributed by atoms with Crippen molar-refractivity contribution < 1.29 is 28.9 Å². The second-order valence-electron chi connectivity index (χ2n) is 10.4. The van der Waals surface area contributed by atoms with Crippen molar-refractivity contribution in [1.82, 2.24) is 10.2 Å². The van der Waals surface area contributed by atoms with Crippen molar-refractivity contribution in [2.75, 3.05) is 18.1 Å². The van der Waals surface area contributed by atoms with Crippen LogP contribution in [0.3, 0.4) is 0 Å². The minimum absolute atomic E-state index is 0.0249. The van der Waals surface area contributed by atoms with Crippen molar-refractivity contribution in [3.05, 3.63) is 63.7 Å². The number of anilines is 1. The van der Waals surface area contributed by atoms with Crippen molar-refractivity contribution in [2.24, 2.45) is 5.92 Å². The number of fused-ring (bicyclic) bond motifs is 1. The molecule has 2 aromatic carbocycles. The summed E-state index contributed by atoms with van der Waals surface area (Å²) >= 11 is 1.20. The molecule has 2 aliphatic heterocycles. The van der Waals surface area contributed by atoms with Gasteiger partial charge in [0.05, 0.1) is 24.8 Å². The summed E-state index contributed by atoms with van der Waals surface area (Å²) in [6, 6.07) is 9.67. The molecule has 9 nitrogen and oxygen atoms in total. The molecule has 2 unspecified atom stereocenters. The zero-order valence-electron chi connectivity index (χ0n) is 23.3. The number of hydrogen-bond donors (Lipinski definition) is 1. The molecule has 2 atom stereocenters. The fraction of sp³-hybridized carbons (Fsp3) is 0.400. The van der Waals surface area contributed by atoms with Crippen LogP contribution in [0.4, 0.5) is 5.13 Å². The van der Waals surface area contributed by atoms with E-state index in [0.717, 1.165) is 17.7 Å². The van der Waals surface area contributed by atoms with E-state index in [9.17, 15) is 14.7 Å². The number of carbonyl (C=O) groups is 2. The first-order valence-corrected chi connectivity index (χ1v) is 14.3. The highest BCUT2D eigenvalue weighted by atomic mass is 32.1. The Kier molecular flexibility index (Phi) is 7.80. The standard InChI is InChI=1S/C30H33N3O6S/c1-6-37-24-15-19(7-10-23(24)38-12-11-16(2)3)26-25(28(35)29(36)33(26)30-32-31-18(5)40-30)27(34)20-8-9-22-21(14-20)13-17(4)39-22/h7-10,14-17,26,34H,6,11-13H2,1-5H3.